The molecule has 20 heavy (non-hydrogen) atoms. The molecule has 0 amide bonds. The molecule has 0 saturated heterocycles. The maximum absolute atomic E-state index is 5.29. The van der Waals surface area contributed by atoms with Gasteiger partial charge >= 0.3 is 0 Å². The van der Waals surface area contributed by atoms with Crippen molar-refractivity contribution in [1.82, 2.24) is 0 Å². The third kappa shape index (κ3) is 3.69. The molecule has 0 unspecified atom stereocenters. The number of rotatable bonds is 4. The van der Waals surface area contributed by atoms with Crippen LogP contribution in [0.5, 0.6) is 11.5 Å². The Bertz CT molecular complexity index is 612. The minimum Gasteiger partial charge on any atom is -0.497 e. The summed E-state index contributed by atoms with van der Waals surface area (Å²) < 4.78 is 10.5. The highest BCUT2D eigenvalue weighted by Gasteiger charge is 2.03. The van der Waals surface area contributed by atoms with Gasteiger partial charge in [0.15, 0.2) is 0 Å². The summed E-state index contributed by atoms with van der Waals surface area (Å²) in [6.45, 7) is 0.540. The molecule has 0 fully saturated rings. The van der Waals surface area contributed by atoms with Crippen molar-refractivity contribution in [3.8, 4) is 23.3 Å². The van der Waals surface area contributed by atoms with Crippen LogP contribution in [0.1, 0.15) is 5.56 Å². The number of benzene rings is 2. The van der Waals surface area contributed by atoms with E-state index >= 15 is 0 Å². The average molecular weight is 267 g/mol. The SMILES string of the molecule is COc1ccc(OC)c(NCC#Cc2ccccc2)c1. The molecular formula is C17H17NO2. The third-order valence-corrected chi connectivity index (χ3v) is 2.78. The molecule has 0 aliphatic carbocycles. The molecule has 2 aromatic carbocycles. The third-order valence-electron chi connectivity index (χ3n) is 2.78. The van der Waals surface area contributed by atoms with Crippen molar-refractivity contribution in [2.45, 2.75) is 0 Å². The smallest absolute Gasteiger partial charge is 0.142 e. The van der Waals surface area contributed by atoms with Crippen molar-refractivity contribution in [1.29, 1.82) is 0 Å². The number of hydrogen-bond acceptors (Lipinski definition) is 3. The lowest BCUT2D eigenvalue weighted by atomic mass is 10.2. The van der Waals surface area contributed by atoms with Crippen LogP contribution < -0.4 is 14.8 Å². The van der Waals surface area contributed by atoms with Crippen LogP contribution in [-0.2, 0) is 0 Å². The van der Waals surface area contributed by atoms with Gasteiger partial charge in [0.2, 0.25) is 0 Å². The van der Waals surface area contributed by atoms with Crippen LogP contribution in [-0.4, -0.2) is 20.8 Å². The monoisotopic (exact) mass is 267 g/mol. The summed E-state index contributed by atoms with van der Waals surface area (Å²) in [7, 11) is 3.28. The van der Waals surface area contributed by atoms with Crippen LogP contribution in [0.2, 0.25) is 0 Å². The van der Waals surface area contributed by atoms with Crippen molar-refractivity contribution in [3.63, 3.8) is 0 Å². The first-order valence-corrected chi connectivity index (χ1v) is 6.33. The zero-order valence-electron chi connectivity index (χ0n) is 11.6. The highest BCUT2D eigenvalue weighted by molar-refractivity contribution is 5.60. The van der Waals surface area contributed by atoms with Crippen molar-refractivity contribution in [2.24, 2.45) is 0 Å². The predicted octanol–water partition coefficient (Wildman–Crippen LogP) is 3.17. The Balaban J connectivity index is 2.02. The fraction of sp³-hybridized carbons (Fsp3) is 0.176. The van der Waals surface area contributed by atoms with E-state index in [1.807, 2.05) is 48.5 Å². The van der Waals surface area contributed by atoms with Gasteiger partial charge in [0.1, 0.15) is 11.5 Å². The van der Waals surface area contributed by atoms with Gasteiger partial charge in [-0.1, -0.05) is 30.0 Å². The average Bonchev–Trinajstić information content (AvgIpc) is 2.52. The molecule has 1 N–H and O–H groups in total. The van der Waals surface area contributed by atoms with Gasteiger partial charge in [-0.3, -0.25) is 0 Å². The lowest BCUT2D eigenvalue weighted by Gasteiger charge is -2.10. The highest BCUT2D eigenvalue weighted by atomic mass is 16.5. The van der Waals surface area contributed by atoms with Crippen LogP contribution in [0.25, 0.3) is 0 Å². The second kappa shape index (κ2) is 7.10. The second-order valence-corrected chi connectivity index (χ2v) is 4.09. The minimum atomic E-state index is 0.540. The van der Waals surface area contributed by atoms with Crippen molar-refractivity contribution in [2.75, 3.05) is 26.1 Å². The van der Waals surface area contributed by atoms with Gasteiger partial charge in [-0.15, -0.1) is 0 Å². The number of anilines is 1. The van der Waals surface area contributed by atoms with E-state index in [1.165, 1.54) is 0 Å². The lowest BCUT2D eigenvalue weighted by molar-refractivity contribution is 0.404. The van der Waals surface area contributed by atoms with Gasteiger partial charge in [-0.25, -0.2) is 0 Å². The molecule has 3 nitrogen and oxygen atoms in total. The summed E-state index contributed by atoms with van der Waals surface area (Å²) in [5.41, 5.74) is 1.88. The van der Waals surface area contributed by atoms with E-state index in [-0.39, 0.29) is 0 Å². The molecule has 0 heterocycles. The van der Waals surface area contributed by atoms with E-state index in [0.717, 1.165) is 22.7 Å². The first-order valence-electron chi connectivity index (χ1n) is 6.33. The largest absolute Gasteiger partial charge is 0.497 e. The van der Waals surface area contributed by atoms with Crippen LogP contribution in [0.15, 0.2) is 48.5 Å². The predicted molar refractivity (Wildman–Crippen MR) is 81.4 cm³/mol. The molecule has 0 bridgehead atoms. The number of hydrogen-bond donors (Lipinski definition) is 1. The number of methoxy groups -OCH3 is 2. The first-order chi connectivity index (χ1) is 9.83. The van der Waals surface area contributed by atoms with Crippen LogP contribution in [0.3, 0.4) is 0 Å². The van der Waals surface area contributed by atoms with E-state index < -0.39 is 0 Å². The Kier molecular flexibility index (Phi) is 4.91. The summed E-state index contributed by atoms with van der Waals surface area (Å²) in [5.74, 6) is 7.73. The second-order valence-electron chi connectivity index (χ2n) is 4.09. The summed E-state index contributed by atoms with van der Waals surface area (Å²) in [5, 5.41) is 3.23. The topological polar surface area (TPSA) is 30.5 Å². The molecule has 3 heteroatoms. The van der Waals surface area contributed by atoms with Crippen molar-refractivity contribution >= 4 is 5.69 Å². The van der Waals surface area contributed by atoms with Crippen molar-refractivity contribution in [3.05, 3.63) is 54.1 Å². The molecular weight excluding hydrogens is 250 g/mol. The minimum absolute atomic E-state index is 0.540. The standard InChI is InChI=1S/C17H17NO2/c1-19-15-10-11-17(20-2)16(13-15)18-12-6-9-14-7-4-3-5-8-14/h3-5,7-8,10-11,13,18H,12H2,1-2H3. The summed E-state index contributed by atoms with van der Waals surface area (Å²) in [4.78, 5) is 0. The first kappa shape index (κ1) is 13.8. The summed E-state index contributed by atoms with van der Waals surface area (Å²) >= 11 is 0. The van der Waals surface area contributed by atoms with E-state index in [1.54, 1.807) is 14.2 Å². The van der Waals surface area contributed by atoms with Crippen LogP contribution in [0.4, 0.5) is 5.69 Å². The fourth-order valence-electron chi connectivity index (χ4n) is 1.76. The normalized spacial score (nSPS) is 9.30. The molecule has 2 aromatic rings. The number of ether oxygens (including phenoxy) is 2. The molecule has 0 aliphatic rings. The number of nitrogens with one attached hydrogen (secondary N) is 1. The summed E-state index contributed by atoms with van der Waals surface area (Å²) in [6, 6.07) is 15.5. The maximum Gasteiger partial charge on any atom is 0.142 e. The summed E-state index contributed by atoms with van der Waals surface area (Å²) in [6.07, 6.45) is 0. The van der Waals surface area contributed by atoms with Gasteiger partial charge in [0.25, 0.3) is 0 Å². The van der Waals surface area contributed by atoms with Crippen LogP contribution >= 0.6 is 0 Å². The van der Waals surface area contributed by atoms with Gasteiger partial charge < -0.3 is 14.8 Å². The fourth-order valence-corrected chi connectivity index (χ4v) is 1.76. The van der Waals surface area contributed by atoms with Gasteiger partial charge in [0, 0.05) is 11.6 Å². The van der Waals surface area contributed by atoms with Crippen molar-refractivity contribution < 1.29 is 9.47 Å². The molecule has 0 aromatic heterocycles. The van der Waals surface area contributed by atoms with E-state index in [4.69, 9.17) is 9.47 Å². The molecule has 0 saturated carbocycles. The molecule has 2 rings (SSSR count). The lowest BCUT2D eigenvalue weighted by Crippen LogP contribution is -2.01. The zero-order valence-corrected chi connectivity index (χ0v) is 11.6. The Labute approximate surface area is 119 Å². The van der Waals surface area contributed by atoms with Crippen LogP contribution in [0, 0.1) is 11.8 Å². The Morgan fingerprint density at radius 2 is 1.80 bits per heavy atom. The molecule has 0 atom stereocenters. The van der Waals surface area contributed by atoms with Gasteiger partial charge in [0.05, 0.1) is 26.5 Å². The highest BCUT2D eigenvalue weighted by Crippen LogP contribution is 2.28. The van der Waals surface area contributed by atoms with E-state index in [2.05, 4.69) is 17.2 Å². The maximum atomic E-state index is 5.29. The zero-order chi connectivity index (χ0) is 14.2. The van der Waals surface area contributed by atoms with Gasteiger partial charge in [-0.05, 0) is 24.3 Å². The molecule has 0 spiro atoms. The van der Waals surface area contributed by atoms with E-state index in [0.29, 0.717) is 6.54 Å². The Hall–Kier alpha value is -2.60. The van der Waals surface area contributed by atoms with E-state index in [9.17, 15) is 0 Å². The molecule has 0 radical (unpaired) electrons. The quantitative estimate of drug-likeness (QED) is 0.863. The Morgan fingerprint density at radius 1 is 1.00 bits per heavy atom. The molecule has 102 valence electrons. The van der Waals surface area contributed by atoms with Gasteiger partial charge in [-0.2, -0.15) is 0 Å². The Morgan fingerprint density at radius 3 is 2.50 bits per heavy atom. The molecule has 0 aliphatic heterocycles.